The summed E-state index contributed by atoms with van der Waals surface area (Å²) >= 11 is 1.71. The summed E-state index contributed by atoms with van der Waals surface area (Å²) in [5, 5.41) is 2.96. The van der Waals surface area contributed by atoms with E-state index in [1.54, 1.807) is 16.7 Å². The molecule has 2 aliphatic rings. The monoisotopic (exact) mass is 290 g/mol. The van der Waals surface area contributed by atoms with Gasteiger partial charge in [0.1, 0.15) is 6.04 Å². The van der Waals surface area contributed by atoms with E-state index in [1.165, 1.54) is 0 Å². The van der Waals surface area contributed by atoms with Crippen LogP contribution in [0.15, 0.2) is 24.3 Å². The summed E-state index contributed by atoms with van der Waals surface area (Å²) in [6.45, 7) is 4.02. The first kappa shape index (κ1) is 13.5. The Morgan fingerprint density at radius 1 is 1.45 bits per heavy atom. The second-order valence-electron chi connectivity index (χ2n) is 5.57. The Morgan fingerprint density at radius 2 is 2.20 bits per heavy atom. The fourth-order valence-corrected chi connectivity index (χ4v) is 4.38. The number of hydrogen-bond acceptors (Lipinski definition) is 3. The van der Waals surface area contributed by atoms with Crippen LogP contribution in [0, 0.1) is 6.92 Å². The van der Waals surface area contributed by atoms with Crippen molar-refractivity contribution in [3.05, 3.63) is 29.8 Å². The van der Waals surface area contributed by atoms with E-state index < -0.39 is 0 Å². The third-order valence-electron chi connectivity index (χ3n) is 4.15. The minimum absolute atomic E-state index is 0.0780. The van der Waals surface area contributed by atoms with Crippen molar-refractivity contribution in [2.75, 3.05) is 11.1 Å². The molecule has 0 aromatic heterocycles. The van der Waals surface area contributed by atoms with Crippen LogP contribution in [0.25, 0.3) is 0 Å². The van der Waals surface area contributed by atoms with Crippen LogP contribution in [-0.2, 0) is 9.59 Å². The van der Waals surface area contributed by atoms with Crippen LogP contribution in [0.4, 0.5) is 5.69 Å². The summed E-state index contributed by atoms with van der Waals surface area (Å²) in [6.07, 6.45) is 1.39. The molecular formula is C15H18N2O2S. The van der Waals surface area contributed by atoms with E-state index >= 15 is 0 Å². The van der Waals surface area contributed by atoms with Gasteiger partial charge in [0.15, 0.2) is 0 Å². The van der Waals surface area contributed by atoms with Gasteiger partial charge in [-0.3, -0.25) is 9.59 Å². The molecule has 2 amide bonds. The Balaban J connectivity index is 1.79. The van der Waals surface area contributed by atoms with Gasteiger partial charge in [0, 0.05) is 17.9 Å². The van der Waals surface area contributed by atoms with Gasteiger partial charge in [-0.05, 0) is 31.9 Å². The van der Waals surface area contributed by atoms with Crippen LogP contribution in [0.3, 0.4) is 0 Å². The number of nitrogens with zero attached hydrogens (tertiary/aromatic N) is 1. The molecule has 2 saturated heterocycles. The number of fused-ring (bicyclic) bond motifs is 1. The molecule has 1 N–H and O–H groups in total. The van der Waals surface area contributed by atoms with E-state index in [-0.39, 0.29) is 22.7 Å². The Labute approximate surface area is 122 Å². The first-order valence-electron chi connectivity index (χ1n) is 6.84. The summed E-state index contributed by atoms with van der Waals surface area (Å²) in [5.41, 5.74) is 1.85. The van der Waals surface area contributed by atoms with E-state index in [0.717, 1.165) is 17.7 Å². The molecular weight excluding hydrogens is 272 g/mol. The van der Waals surface area contributed by atoms with Crippen LogP contribution in [0.2, 0.25) is 0 Å². The topological polar surface area (TPSA) is 49.4 Å². The molecule has 2 aliphatic heterocycles. The van der Waals surface area contributed by atoms with E-state index in [1.807, 2.05) is 31.2 Å². The maximum Gasteiger partial charge on any atom is 0.248 e. The lowest BCUT2D eigenvalue weighted by Gasteiger charge is -2.29. The lowest BCUT2D eigenvalue weighted by molar-refractivity contribution is -0.135. The number of aryl methyl sites for hydroxylation is 1. The predicted octanol–water partition coefficient (Wildman–Crippen LogP) is 2.39. The smallest absolute Gasteiger partial charge is 0.248 e. The van der Waals surface area contributed by atoms with E-state index in [4.69, 9.17) is 0 Å². The number of carbonyl (C=O) groups is 2. The van der Waals surface area contributed by atoms with Crippen molar-refractivity contribution >= 4 is 29.3 Å². The number of para-hydroxylation sites is 1. The SMILES string of the molecule is Cc1ccccc1NC(=O)[C@@H]1CS[C@]2(C)CCC(=O)N12. The third kappa shape index (κ3) is 2.10. The highest BCUT2D eigenvalue weighted by Gasteiger charge is 2.52. The van der Waals surface area contributed by atoms with Gasteiger partial charge in [-0.25, -0.2) is 0 Å². The van der Waals surface area contributed by atoms with Gasteiger partial charge in [-0.2, -0.15) is 0 Å². The lowest BCUT2D eigenvalue weighted by Crippen LogP contribution is -2.48. The lowest BCUT2D eigenvalue weighted by atomic mass is 10.1. The van der Waals surface area contributed by atoms with E-state index in [0.29, 0.717) is 12.2 Å². The first-order valence-corrected chi connectivity index (χ1v) is 7.82. The molecule has 0 saturated carbocycles. The second kappa shape index (κ2) is 4.81. The van der Waals surface area contributed by atoms with Crippen molar-refractivity contribution in [1.82, 2.24) is 4.90 Å². The van der Waals surface area contributed by atoms with Crippen LogP contribution in [0.5, 0.6) is 0 Å². The van der Waals surface area contributed by atoms with E-state index in [9.17, 15) is 9.59 Å². The van der Waals surface area contributed by atoms with Crippen molar-refractivity contribution in [2.45, 2.75) is 37.6 Å². The van der Waals surface area contributed by atoms with Crippen molar-refractivity contribution in [1.29, 1.82) is 0 Å². The maximum absolute atomic E-state index is 12.5. The van der Waals surface area contributed by atoms with Gasteiger partial charge in [-0.15, -0.1) is 11.8 Å². The zero-order chi connectivity index (χ0) is 14.3. The molecule has 3 rings (SSSR count). The highest BCUT2D eigenvalue weighted by Crippen LogP contribution is 2.47. The second-order valence-corrected chi connectivity index (χ2v) is 7.07. The van der Waals surface area contributed by atoms with Crippen LogP contribution >= 0.6 is 11.8 Å². The Hall–Kier alpha value is -1.49. The Kier molecular flexibility index (Phi) is 3.24. The number of nitrogens with one attached hydrogen (secondary N) is 1. The van der Waals surface area contributed by atoms with Gasteiger partial charge < -0.3 is 10.2 Å². The minimum Gasteiger partial charge on any atom is -0.324 e. The van der Waals surface area contributed by atoms with Gasteiger partial charge in [-0.1, -0.05) is 18.2 Å². The predicted molar refractivity (Wildman–Crippen MR) is 80.5 cm³/mol. The number of carbonyl (C=O) groups excluding carboxylic acids is 2. The number of rotatable bonds is 2. The molecule has 20 heavy (non-hydrogen) atoms. The highest BCUT2D eigenvalue weighted by molar-refractivity contribution is 8.01. The molecule has 5 heteroatoms. The number of benzene rings is 1. The zero-order valence-corrected chi connectivity index (χ0v) is 12.5. The molecule has 106 valence electrons. The molecule has 1 aromatic carbocycles. The largest absolute Gasteiger partial charge is 0.324 e. The molecule has 2 fully saturated rings. The molecule has 4 nitrogen and oxygen atoms in total. The average molecular weight is 290 g/mol. The zero-order valence-electron chi connectivity index (χ0n) is 11.7. The number of thioether (sulfide) groups is 1. The molecule has 0 radical (unpaired) electrons. The Morgan fingerprint density at radius 3 is 2.95 bits per heavy atom. The fraction of sp³-hybridized carbons (Fsp3) is 0.467. The summed E-state index contributed by atoms with van der Waals surface area (Å²) in [7, 11) is 0. The highest BCUT2D eigenvalue weighted by atomic mass is 32.2. The molecule has 0 unspecified atom stereocenters. The van der Waals surface area contributed by atoms with Crippen molar-refractivity contribution in [3.8, 4) is 0 Å². The molecule has 2 atom stereocenters. The van der Waals surface area contributed by atoms with Crippen molar-refractivity contribution < 1.29 is 9.59 Å². The van der Waals surface area contributed by atoms with Crippen molar-refractivity contribution in [2.24, 2.45) is 0 Å². The maximum atomic E-state index is 12.5. The summed E-state index contributed by atoms with van der Waals surface area (Å²) < 4.78 is 0. The van der Waals surface area contributed by atoms with Gasteiger partial charge in [0.2, 0.25) is 11.8 Å². The number of hydrogen-bond donors (Lipinski definition) is 1. The summed E-state index contributed by atoms with van der Waals surface area (Å²) in [4.78, 5) is 26.1. The molecule has 0 bridgehead atoms. The summed E-state index contributed by atoms with van der Waals surface area (Å²) in [5.74, 6) is 0.702. The quantitative estimate of drug-likeness (QED) is 0.910. The minimum atomic E-state index is -0.348. The number of amides is 2. The normalized spacial score (nSPS) is 28.6. The van der Waals surface area contributed by atoms with Crippen LogP contribution in [0.1, 0.15) is 25.3 Å². The van der Waals surface area contributed by atoms with Gasteiger partial charge in [0.05, 0.1) is 4.87 Å². The molecule has 2 heterocycles. The average Bonchev–Trinajstić information content (AvgIpc) is 2.90. The van der Waals surface area contributed by atoms with Crippen LogP contribution < -0.4 is 5.32 Å². The van der Waals surface area contributed by atoms with E-state index in [2.05, 4.69) is 12.2 Å². The molecule has 0 aliphatic carbocycles. The van der Waals surface area contributed by atoms with Gasteiger partial charge in [0.25, 0.3) is 0 Å². The molecule has 0 spiro atoms. The van der Waals surface area contributed by atoms with Crippen molar-refractivity contribution in [3.63, 3.8) is 0 Å². The first-order chi connectivity index (χ1) is 9.51. The Bertz CT molecular complexity index is 575. The summed E-state index contributed by atoms with van der Waals surface area (Å²) in [6, 6.07) is 7.35. The standard InChI is InChI=1S/C15H18N2O2S/c1-10-5-3-4-6-11(10)16-14(19)12-9-20-15(2)8-7-13(18)17(12)15/h3-6,12H,7-9H2,1-2H3,(H,16,19)/t12-,15+/m0/s1. The van der Waals surface area contributed by atoms with Gasteiger partial charge >= 0.3 is 0 Å². The molecule has 1 aromatic rings. The third-order valence-corrected chi connectivity index (χ3v) is 5.66. The number of anilines is 1. The van der Waals surface area contributed by atoms with Crippen LogP contribution in [-0.4, -0.2) is 33.4 Å². The fourth-order valence-electron chi connectivity index (χ4n) is 2.94.